The molecule has 0 aromatic carbocycles. The minimum absolute atomic E-state index is 0.0942. The van der Waals surface area contributed by atoms with Crippen LogP contribution < -0.4 is 10.2 Å². The smallest absolute Gasteiger partial charge is 0.311 e. The number of hydrogen-bond donors (Lipinski definition) is 1. The number of rotatable bonds is 5. The van der Waals surface area contributed by atoms with E-state index in [0.29, 0.717) is 11.9 Å². The zero-order valence-electron chi connectivity index (χ0n) is 12.3. The van der Waals surface area contributed by atoms with Crippen LogP contribution in [0.15, 0.2) is 12.3 Å². The van der Waals surface area contributed by atoms with Crippen molar-refractivity contribution in [3.05, 3.63) is 27.9 Å². The van der Waals surface area contributed by atoms with Gasteiger partial charge in [0.15, 0.2) is 0 Å². The van der Waals surface area contributed by atoms with Crippen LogP contribution in [0, 0.1) is 17.0 Å². The fourth-order valence-corrected chi connectivity index (χ4v) is 2.59. The molecule has 110 valence electrons. The van der Waals surface area contributed by atoms with Crippen molar-refractivity contribution >= 4 is 11.5 Å². The molecule has 0 saturated carbocycles. The second kappa shape index (κ2) is 6.17. The van der Waals surface area contributed by atoms with Gasteiger partial charge in [-0.2, -0.15) is 0 Å². The summed E-state index contributed by atoms with van der Waals surface area (Å²) < 4.78 is 0. The molecule has 0 amide bonds. The van der Waals surface area contributed by atoms with Crippen molar-refractivity contribution < 1.29 is 4.92 Å². The molecule has 0 aliphatic carbocycles. The number of nitro groups is 1. The van der Waals surface area contributed by atoms with Crippen molar-refractivity contribution in [2.24, 2.45) is 0 Å². The number of nitrogens with zero attached hydrogens (tertiary/aromatic N) is 3. The van der Waals surface area contributed by atoms with Gasteiger partial charge in [0.1, 0.15) is 0 Å². The van der Waals surface area contributed by atoms with Gasteiger partial charge < -0.3 is 10.2 Å². The maximum absolute atomic E-state index is 11.3. The highest BCUT2D eigenvalue weighted by molar-refractivity contribution is 5.59. The molecule has 1 aromatic rings. The third-order valence-electron chi connectivity index (χ3n) is 3.66. The monoisotopic (exact) mass is 278 g/mol. The Labute approximate surface area is 119 Å². The summed E-state index contributed by atoms with van der Waals surface area (Å²) in [6.07, 6.45) is 3.97. The summed E-state index contributed by atoms with van der Waals surface area (Å²) in [5.74, 6) is 0.476. The first-order chi connectivity index (χ1) is 9.49. The Balaban J connectivity index is 2.30. The predicted molar refractivity (Wildman–Crippen MR) is 79.1 cm³/mol. The summed E-state index contributed by atoms with van der Waals surface area (Å²) in [6, 6.07) is 2.16. The van der Waals surface area contributed by atoms with Crippen molar-refractivity contribution in [3.63, 3.8) is 0 Å². The maximum atomic E-state index is 11.3. The highest BCUT2D eigenvalue weighted by atomic mass is 16.6. The van der Waals surface area contributed by atoms with E-state index in [9.17, 15) is 10.1 Å². The van der Waals surface area contributed by atoms with Crippen molar-refractivity contribution in [2.45, 2.75) is 45.7 Å². The van der Waals surface area contributed by atoms with E-state index >= 15 is 0 Å². The molecule has 20 heavy (non-hydrogen) atoms. The van der Waals surface area contributed by atoms with Crippen LogP contribution in [-0.2, 0) is 0 Å². The number of anilines is 1. The van der Waals surface area contributed by atoms with E-state index in [1.165, 1.54) is 6.42 Å². The second-order valence-electron chi connectivity index (χ2n) is 5.65. The second-order valence-corrected chi connectivity index (χ2v) is 5.65. The van der Waals surface area contributed by atoms with Crippen molar-refractivity contribution in [1.82, 2.24) is 10.3 Å². The third-order valence-corrected chi connectivity index (χ3v) is 3.66. The van der Waals surface area contributed by atoms with Crippen LogP contribution >= 0.6 is 0 Å². The molecular formula is C14H22N4O2. The molecule has 1 atom stereocenters. The minimum Gasteiger partial charge on any atom is -0.347 e. The fourth-order valence-electron chi connectivity index (χ4n) is 2.59. The maximum Gasteiger partial charge on any atom is 0.311 e. The van der Waals surface area contributed by atoms with E-state index in [1.807, 2.05) is 25.7 Å². The number of aryl methyl sites for hydroxylation is 1. The van der Waals surface area contributed by atoms with Crippen LogP contribution in [0.25, 0.3) is 0 Å². The molecule has 0 spiro atoms. The van der Waals surface area contributed by atoms with Gasteiger partial charge in [-0.25, -0.2) is 4.98 Å². The van der Waals surface area contributed by atoms with Crippen molar-refractivity contribution in [1.29, 1.82) is 0 Å². The quantitative estimate of drug-likeness (QED) is 0.661. The molecule has 6 heteroatoms. The van der Waals surface area contributed by atoms with Crippen LogP contribution in [0.4, 0.5) is 11.5 Å². The molecule has 2 rings (SSSR count). The van der Waals surface area contributed by atoms with Crippen molar-refractivity contribution in [3.8, 4) is 0 Å². The highest BCUT2D eigenvalue weighted by Gasteiger charge is 2.26. The summed E-state index contributed by atoms with van der Waals surface area (Å²) >= 11 is 0. The summed E-state index contributed by atoms with van der Waals surface area (Å²) in [7, 11) is 0. The van der Waals surface area contributed by atoms with Crippen molar-refractivity contribution in [2.75, 3.05) is 18.0 Å². The standard InChI is InChI=1S/C14H22N4O2/c1-10(2)17(9-12-5-4-6-15-12)14-13(18(19)20)7-11(3)8-16-14/h7-8,10,12,15H,4-6,9H2,1-3H3. The lowest BCUT2D eigenvalue weighted by Gasteiger charge is -2.30. The van der Waals surface area contributed by atoms with Crippen LogP contribution in [0.1, 0.15) is 32.3 Å². The molecule has 1 saturated heterocycles. The lowest BCUT2D eigenvalue weighted by atomic mass is 10.1. The average molecular weight is 278 g/mol. The molecule has 0 radical (unpaired) electrons. The Kier molecular flexibility index (Phi) is 4.54. The third kappa shape index (κ3) is 3.25. The van der Waals surface area contributed by atoms with Gasteiger partial charge in [-0.05, 0) is 45.7 Å². The number of hydrogen-bond acceptors (Lipinski definition) is 5. The minimum atomic E-state index is -0.340. The summed E-state index contributed by atoms with van der Waals surface area (Å²) in [5.41, 5.74) is 0.903. The SMILES string of the molecule is Cc1cnc(N(CC2CCCN2)C(C)C)c([N+](=O)[O-])c1. The van der Waals surface area contributed by atoms with Crippen LogP contribution in [0.3, 0.4) is 0 Å². The Bertz CT molecular complexity index is 484. The topological polar surface area (TPSA) is 71.3 Å². The Morgan fingerprint density at radius 2 is 2.35 bits per heavy atom. The van der Waals surface area contributed by atoms with Gasteiger partial charge >= 0.3 is 5.69 Å². The highest BCUT2D eigenvalue weighted by Crippen LogP contribution is 2.28. The number of pyridine rings is 1. The van der Waals surface area contributed by atoms with Gasteiger partial charge in [0.05, 0.1) is 4.92 Å². The van der Waals surface area contributed by atoms with E-state index < -0.39 is 0 Å². The molecule has 1 fully saturated rings. The van der Waals surface area contributed by atoms with Gasteiger partial charge in [-0.1, -0.05) is 0 Å². The predicted octanol–water partition coefficient (Wildman–Crippen LogP) is 2.27. The van der Waals surface area contributed by atoms with E-state index in [2.05, 4.69) is 10.3 Å². The molecule has 6 nitrogen and oxygen atoms in total. The number of nitrogens with one attached hydrogen (secondary N) is 1. The molecule has 1 unspecified atom stereocenters. The molecule has 1 aliphatic rings. The molecular weight excluding hydrogens is 256 g/mol. The molecule has 1 aromatic heterocycles. The number of aromatic nitrogens is 1. The van der Waals surface area contributed by atoms with E-state index in [-0.39, 0.29) is 16.7 Å². The Hall–Kier alpha value is -1.69. The lowest BCUT2D eigenvalue weighted by molar-refractivity contribution is -0.384. The van der Waals surface area contributed by atoms with Crippen LogP contribution in [0.5, 0.6) is 0 Å². The van der Waals surface area contributed by atoms with E-state index in [1.54, 1.807) is 12.3 Å². The summed E-state index contributed by atoms with van der Waals surface area (Å²) in [6.45, 7) is 7.69. The first-order valence-electron chi connectivity index (χ1n) is 7.10. The zero-order valence-corrected chi connectivity index (χ0v) is 12.3. The van der Waals surface area contributed by atoms with Gasteiger partial charge in [-0.3, -0.25) is 10.1 Å². The van der Waals surface area contributed by atoms with Gasteiger partial charge in [0, 0.05) is 30.9 Å². The fraction of sp³-hybridized carbons (Fsp3) is 0.643. The van der Waals surface area contributed by atoms with E-state index in [4.69, 9.17) is 0 Å². The summed E-state index contributed by atoms with van der Waals surface area (Å²) in [5, 5.41) is 14.7. The summed E-state index contributed by atoms with van der Waals surface area (Å²) in [4.78, 5) is 17.3. The van der Waals surface area contributed by atoms with Crippen LogP contribution in [0.2, 0.25) is 0 Å². The Morgan fingerprint density at radius 3 is 2.90 bits per heavy atom. The zero-order chi connectivity index (χ0) is 14.7. The van der Waals surface area contributed by atoms with Gasteiger partial charge in [0.25, 0.3) is 0 Å². The van der Waals surface area contributed by atoms with Gasteiger partial charge in [0.2, 0.25) is 5.82 Å². The average Bonchev–Trinajstić information content (AvgIpc) is 2.89. The molecule has 2 heterocycles. The lowest BCUT2D eigenvalue weighted by Crippen LogP contribution is -2.42. The normalized spacial score (nSPS) is 18.5. The van der Waals surface area contributed by atoms with Gasteiger partial charge in [-0.15, -0.1) is 0 Å². The molecule has 1 N–H and O–H groups in total. The molecule has 0 bridgehead atoms. The first kappa shape index (κ1) is 14.7. The van der Waals surface area contributed by atoms with Crippen LogP contribution in [-0.4, -0.2) is 35.1 Å². The first-order valence-corrected chi connectivity index (χ1v) is 7.10. The largest absolute Gasteiger partial charge is 0.347 e. The van der Waals surface area contributed by atoms with E-state index in [0.717, 1.165) is 25.1 Å². The Morgan fingerprint density at radius 1 is 1.60 bits per heavy atom. The molecule has 1 aliphatic heterocycles.